The van der Waals surface area contributed by atoms with Gasteiger partial charge in [-0.25, -0.2) is 0 Å². The van der Waals surface area contributed by atoms with E-state index < -0.39 is 0 Å². The van der Waals surface area contributed by atoms with Crippen LogP contribution in [-0.2, 0) is 11.3 Å². The second-order valence-electron chi connectivity index (χ2n) is 6.02. The van der Waals surface area contributed by atoms with Crippen molar-refractivity contribution in [3.63, 3.8) is 0 Å². The van der Waals surface area contributed by atoms with Gasteiger partial charge in [0.25, 0.3) is 0 Å². The van der Waals surface area contributed by atoms with Crippen LogP contribution in [0.2, 0.25) is 0 Å². The molecular formula is C22H27NO2S. The number of ether oxygens (including phenoxy) is 1. The molecule has 0 aliphatic rings. The molecule has 0 spiro atoms. The Hall–Kier alpha value is -2.20. The van der Waals surface area contributed by atoms with E-state index in [0.717, 1.165) is 23.5 Å². The van der Waals surface area contributed by atoms with E-state index in [9.17, 15) is 0 Å². The highest BCUT2D eigenvalue weighted by Gasteiger charge is 2.07. The number of allylic oxidation sites excluding steroid dienone is 1. The molecule has 138 valence electrons. The van der Waals surface area contributed by atoms with Gasteiger partial charge in [0.05, 0.1) is 12.8 Å². The van der Waals surface area contributed by atoms with Gasteiger partial charge in [-0.05, 0) is 55.2 Å². The van der Waals surface area contributed by atoms with Crippen LogP contribution in [0.1, 0.15) is 29.2 Å². The summed E-state index contributed by atoms with van der Waals surface area (Å²) in [5, 5.41) is 3.77. The van der Waals surface area contributed by atoms with Gasteiger partial charge in [-0.1, -0.05) is 41.6 Å². The lowest BCUT2D eigenvalue weighted by Gasteiger charge is -2.14. The first-order valence-corrected chi connectivity index (χ1v) is 9.76. The summed E-state index contributed by atoms with van der Waals surface area (Å²) in [7, 11) is 1.54. The highest BCUT2D eigenvalue weighted by Crippen LogP contribution is 2.30. The lowest BCUT2D eigenvalue weighted by Crippen LogP contribution is -2.04. The summed E-state index contributed by atoms with van der Waals surface area (Å²) in [4.78, 5) is 5.98. The Labute approximate surface area is 161 Å². The molecule has 0 bridgehead atoms. The van der Waals surface area contributed by atoms with E-state index in [4.69, 9.17) is 9.57 Å². The van der Waals surface area contributed by atoms with Crippen LogP contribution in [0.4, 0.5) is 0 Å². The third kappa shape index (κ3) is 6.26. The van der Waals surface area contributed by atoms with Crippen molar-refractivity contribution < 1.29 is 9.57 Å². The number of hydrogen-bond donors (Lipinski definition) is 0. The zero-order chi connectivity index (χ0) is 18.8. The van der Waals surface area contributed by atoms with Crippen LogP contribution in [0, 0.1) is 13.8 Å². The Balaban J connectivity index is 1.91. The van der Waals surface area contributed by atoms with Crippen molar-refractivity contribution in [2.24, 2.45) is 5.16 Å². The Bertz CT molecular complexity index is 728. The molecule has 0 radical (unpaired) electrons. The van der Waals surface area contributed by atoms with Crippen LogP contribution < -0.4 is 4.74 Å². The lowest BCUT2D eigenvalue weighted by molar-refractivity contribution is 0.215. The van der Waals surface area contributed by atoms with Gasteiger partial charge in [0.15, 0.2) is 0 Å². The van der Waals surface area contributed by atoms with Crippen molar-refractivity contribution in [2.75, 3.05) is 19.5 Å². The first kappa shape index (κ1) is 20.1. The first-order chi connectivity index (χ1) is 12.6. The predicted octanol–water partition coefficient (Wildman–Crippen LogP) is 5.57. The fourth-order valence-electron chi connectivity index (χ4n) is 2.62. The fraction of sp³-hybridized carbons (Fsp3) is 0.318. The van der Waals surface area contributed by atoms with Gasteiger partial charge in [-0.2, -0.15) is 0 Å². The van der Waals surface area contributed by atoms with Crippen molar-refractivity contribution in [1.29, 1.82) is 0 Å². The van der Waals surface area contributed by atoms with E-state index in [-0.39, 0.29) is 0 Å². The molecule has 0 amide bonds. The third-order valence-electron chi connectivity index (χ3n) is 3.94. The maximum absolute atomic E-state index is 6.08. The molecule has 2 aromatic rings. The Morgan fingerprint density at radius 3 is 2.38 bits per heavy atom. The lowest BCUT2D eigenvalue weighted by atomic mass is 10.1. The van der Waals surface area contributed by atoms with E-state index in [1.54, 1.807) is 13.3 Å². The number of rotatable bonds is 9. The largest absolute Gasteiger partial charge is 0.493 e. The van der Waals surface area contributed by atoms with Gasteiger partial charge in [-0.15, -0.1) is 11.8 Å². The van der Waals surface area contributed by atoms with Crippen molar-refractivity contribution in [3.8, 4) is 5.75 Å². The minimum Gasteiger partial charge on any atom is -0.493 e. The quantitative estimate of drug-likeness (QED) is 0.250. The number of aryl methyl sites for hydroxylation is 2. The van der Waals surface area contributed by atoms with Crippen molar-refractivity contribution in [3.05, 3.63) is 70.8 Å². The van der Waals surface area contributed by atoms with E-state index in [0.29, 0.717) is 6.61 Å². The van der Waals surface area contributed by atoms with E-state index in [2.05, 4.69) is 62.3 Å². The maximum Gasteiger partial charge on any atom is 0.125 e. The average Bonchev–Trinajstić information content (AvgIpc) is 2.63. The Morgan fingerprint density at radius 2 is 1.77 bits per heavy atom. The number of hydrogen-bond acceptors (Lipinski definition) is 4. The molecule has 0 unspecified atom stereocenters. The summed E-state index contributed by atoms with van der Waals surface area (Å²) in [6.07, 6.45) is 6.83. The topological polar surface area (TPSA) is 30.8 Å². The van der Waals surface area contributed by atoms with Crippen molar-refractivity contribution in [1.82, 2.24) is 0 Å². The molecule has 0 aliphatic carbocycles. The average molecular weight is 370 g/mol. The van der Waals surface area contributed by atoms with Gasteiger partial charge in [-0.3, -0.25) is 0 Å². The van der Waals surface area contributed by atoms with Gasteiger partial charge in [0, 0.05) is 17.1 Å². The molecule has 0 saturated carbocycles. The van der Waals surface area contributed by atoms with Gasteiger partial charge in [0.1, 0.15) is 12.9 Å². The molecule has 2 rings (SSSR count). The molecule has 3 nitrogen and oxygen atoms in total. The molecule has 0 atom stereocenters. The van der Waals surface area contributed by atoms with Gasteiger partial charge >= 0.3 is 0 Å². The van der Waals surface area contributed by atoms with E-state index in [1.807, 2.05) is 23.9 Å². The molecular weight excluding hydrogens is 342 g/mol. The number of benzene rings is 2. The van der Waals surface area contributed by atoms with Crippen LogP contribution >= 0.6 is 11.8 Å². The van der Waals surface area contributed by atoms with Crippen molar-refractivity contribution in [2.45, 2.75) is 32.1 Å². The molecule has 4 heteroatoms. The Kier molecular flexibility index (Phi) is 8.29. The smallest absolute Gasteiger partial charge is 0.125 e. The van der Waals surface area contributed by atoms with Crippen LogP contribution in [-0.4, -0.2) is 25.7 Å². The monoisotopic (exact) mass is 369 g/mol. The molecule has 0 fully saturated rings. The Morgan fingerprint density at radius 1 is 1.08 bits per heavy atom. The number of oxime groups is 1. The summed E-state index contributed by atoms with van der Waals surface area (Å²) >= 11 is 1.85. The van der Waals surface area contributed by atoms with Crippen LogP contribution in [0.5, 0.6) is 5.75 Å². The fourth-order valence-corrected chi connectivity index (χ4v) is 3.62. The zero-order valence-corrected chi connectivity index (χ0v) is 16.8. The van der Waals surface area contributed by atoms with Crippen molar-refractivity contribution >= 4 is 18.0 Å². The summed E-state index contributed by atoms with van der Waals surface area (Å²) in [5.41, 5.74) is 4.65. The molecule has 2 aromatic carbocycles. The van der Waals surface area contributed by atoms with Crippen LogP contribution in [0.25, 0.3) is 0 Å². The maximum atomic E-state index is 6.08. The highest BCUT2D eigenvalue weighted by atomic mass is 32.2. The SMILES string of the molecule is C/C=C/CSc1cc(C)c(OCCc2ccc(/C=N/OC)cc2)c(C)c1. The second-order valence-corrected chi connectivity index (χ2v) is 7.12. The number of thioether (sulfide) groups is 1. The molecule has 0 aromatic heterocycles. The van der Waals surface area contributed by atoms with Crippen LogP contribution in [0.3, 0.4) is 0 Å². The first-order valence-electron chi connectivity index (χ1n) is 8.77. The summed E-state index contributed by atoms with van der Waals surface area (Å²) < 4.78 is 6.08. The molecule has 0 aliphatic heterocycles. The third-order valence-corrected chi connectivity index (χ3v) is 4.87. The minimum atomic E-state index is 0.665. The standard InChI is InChI=1S/C22H27NO2S/c1-5-6-13-26-21-14-17(2)22(18(3)15-21)25-12-11-19-7-9-20(10-8-19)16-23-24-4/h5-10,14-16H,11-13H2,1-4H3/b6-5+,23-16+. The zero-order valence-electron chi connectivity index (χ0n) is 16.0. The summed E-state index contributed by atoms with van der Waals surface area (Å²) in [5.74, 6) is 2.00. The molecule has 0 heterocycles. The van der Waals surface area contributed by atoms with E-state index >= 15 is 0 Å². The molecule has 26 heavy (non-hydrogen) atoms. The minimum absolute atomic E-state index is 0.665. The summed E-state index contributed by atoms with van der Waals surface area (Å²) in [6.45, 7) is 6.95. The van der Waals surface area contributed by atoms with Gasteiger partial charge < -0.3 is 9.57 Å². The second kappa shape index (κ2) is 10.7. The molecule has 0 saturated heterocycles. The predicted molar refractivity (Wildman–Crippen MR) is 112 cm³/mol. The highest BCUT2D eigenvalue weighted by molar-refractivity contribution is 7.99. The summed E-state index contributed by atoms with van der Waals surface area (Å²) in [6, 6.07) is 12.7. The van der Waals surface area contributed by atoms with Gasteiger partial charge in [0.2, 0.25) is 0 Å². The normalized spacial score (nSPS) is 11.4. The van der Waals surface area contributed by atoms with E-state index in [1.165, 1.54) is 21.6 Å². The molecule has 0 N–H and O–H groups in total. The number of nitrogens with zero attached hydrogens (tertiary/aromatic N) is 1. The van der Waals surface area contributed by atoms with Crippen LogP contribution in [0.15, 0.2) is 58.6 Å².